The van der Waals surface area contributed by atoms with Gasteiger partial charge in [-0.2, -0.15) is 0 Å². The summed E-state index contributed by atoms with van der Waals surface area (Å²) in [6.45, 7) is 3.91. The summed E-state index contributed by atoms with van der Waals surface area (Å²) < 4.78 is 0. The van der Waals surface area contributed by atoms with E-state index in [0.29, 0.717) is 0 Å². The maximum absolute atomic E-state index is 11.8. The molecule has 1 aliphatic heterocycles. The van der Waals surface area contributed by atoms with E-state index in [0.717, 1.165) is 11.4 Å². The van der Waals surface area contributed by atoms with Gasteiger partial charge >= 0.3 is 6.03 Å². The quantitative estimate of drug-likeness (QED) is 0.745. The highest BCUT2D eigenvalue weighted by atomic mass is 16.2. The zero-order valence-corrected chi connectivity index (χ0v) is 8.90. The highest BCUT2D eigenvalue weighted by Gasteiger charge is 2.24. The van der Waals surface area contributed by atoms with Crippen LogP contribution in [-0.4, -0.2) is 12.1 Å². The molecule has 0 fully saturated rings. The first kappa shape index (κ1) is 9.77. The molecule has 1 aromatic carbocycles. The molecular formula is C12H14N2O. The lowest BCUT2D eigenvalue weighted by Gasteiger charge is -2.31. The summed E-state index contributed by atoms with van der Waals surface area (Å²) in [5, 5.41) is 2.81. The van der Waals surface area contributed by atoms with Crippen LogP contribution < -0.4 is 10.2 Å². The fourth-order valence-electron chi connectivity index (χ4n) is 1.83. The maximum Gasteiger partial charge on any atom is 0.326 e. The summed E-state index contributed by atoms with van der Waals surface area (Å²) in [5.74, 6) is 0. The molecule has 0 bridgehead atoms. The van der Waals surface area contributed by atoms with E-state index in [9.17, 15) is 4.79 Å². The second-order valence-electron chi connectivity index (χ2n) is 3.73. The minimum absolute atomic E-state index is 0.0614. The summed E-state index contributed by atoms with van der Waals surface area (Å²) in [5.41, 5.74) is 1.84. The number of amides is 2. The van der Waals surface area contributed by atoms with E-state index in [-0.39, 0.29) is 12.1 Å². The molecule has 1 aromatic rings. The second-order valence-corrected chi connectivity index (χ2v) is 3.73. The SMILES string of the molecule is CC1=CC(C)N(c2ccccc2)C(=O)N1. The van der Waals surface area contributed by atoms with E-state index in [4.69, 9.17) is 0 Å². The van der Waals surface area contributed by atoms with Crippen molar-refractivity contribution in [2.45, 2.75) is 19.9 Å². The second kappa shape index (κ2) is 3.77. The van der Waals surface area contributed by atoms with Gasteiger partial charge in [-0.15, -0.1) is 0 Å². The first-order chi connectivity index (χ1) is 7.18. The van der Waals surface area contributed by atoms with Crippen molar-refractivity contribution in [1.29, 1.82) is 0 Å². The number of carbonyl (C=O) groups excluding carboxylic acids is 1. The molecule has 0 aromatic heterocycles. The van der Waals surface area contributed by atoms with Gasteiger partial charge in [0.2, 0.25) is 0 Å². The van der Waals surface area contributed by atoms with Gasteiger partial charge in [-0.05, 0) is 32.1 Å². The average molecular weight is 202 g/mol. The zero-order chi connectivity index (χ0) is 10.8. The molecule has 3 heteroatoms. The molecule has 15 heavy (non-hydrogen) atoms. The minimum Gasteiger partial charge on any atom is -0.312 e. The Kier molecular flexibility index (Phi) is 2.46. The smallest absolute Gasteiger partial charge is 0.312 e. The lowest BCUT2D eigenvalue weighted by Crippen LogP contribution is -2.47. The molecule has 0 saturated heterocycles. The number of nitrogens with one attached hydrogen (secondary N) is 1. The first-order valence-corrected chi connectivity index (χ1v) is 5.02. The molecule has 1 atom stereocenters. The van der Waals surface area contributed by atoms with Gasteiger partial charge in [-0.25, -0.2) is 4.79 Å². The van der Waals surface area contributed by atoms with E-state index in [1.165, 1.54) is 0 Å². The van der Waals surface area contributed by atoms with Gasteiger partial charge in [0.1, 0.15) is 0 Å². The Balaban J connectivity index is 2.34. The lowest BCUT2D eigenvalue weighted by molar-refractivity contribution is 0.246. The Bertz CT molecular complexity index is 397. The Labute approximate surface area is 89.4 Å². The molecule has 0 saturated carbocycles. The Morgan fingerprint density at radius 3 is 2.53 bits per heavy atom. The van der Waals surface area contributed by atoms with E-state index < -0.39 is 0 Å². The van der Waals surface area contributed by atoms with Gasteiger partial charge < -0.3 is 5.32 Å². The van der Waals surface area contributed by atoms with Crippen molar-refractivity contribution >= 4 is 11.7 Å². The third kappa shape index (κ3) is 1.86. The first-order valence-electron chi connectivity index (χ1n) is 5.02. The number of urea groups is 1. The van der Waals surface area contributed by atoms with Crippen LogP contribution in [0.2, 0.25) is 0 Å². The number of carbonyl (C=O) groups is 1. The van der Waals surface area contributed by atoms with Gasteiger partial charge in [-0.1, -0.05) is 18.2 Å². The Hall–Kier alpha value is -1.77. The number of anilines is 1. The number of rotatable bonds is 1. The third-order valence-corrected chi connectivity index (χ3v) is 2.46. The zero-order valence-electron chi connectivity index (χ0n) is 8.90. The third-order valence-electron chi connectivity index (χ3n) is 2.46. The molecule has 3 nitrogen and oxygen atoms in total. The summed E-state index contributed by atoms with van der Waals surface area (Å²) in [6, 6.07) is 9.71. The fraction of sp³-hybridized carbons (Fsp3) is 0.250. The summed E-state index contributed by atoms with van der Waals surface area (Å²) >= 11 is 0. The van der Waals surface area contributed by atoms with Crippen LogP contribution in [0.3, 0.4) is 0 Å². The van der Waals surface area contributed by atoms with Crippen molar-refractivity contribution in [3.8, 4) is 0 Å². The van der Waals surface area contributed by atoms with Crippen LogP contribution in [-0.2, 0) is 0 Å². The molecule has 1 heterocycles. The number of nitrogens with zero attached hydrogens (tertiary/aromatic N) is 1. The van der Waals surface area contributed by atoms with Crippen molar-refractivity contribution in [3.63, 3.8) is 0 Å². The molecule has 2 amide bonds. The van der Waals surface area contributed by atoms with Crippen LogP contribution in [0, 0.1) is 0 Å². The van der Waals surface area contributed by atoms with Gasteiger partial charge in [0.05, 0.1) is 6.04 Å². The van der Waals surface area contributed by atoms with Crippen molar-refractivity contribution in [2.75, 3.05) is 4.90 Å². The van der Waals surface area contributed by atoms with E-state index in [1.54, 1.807) is 4.90 Å². The van der Waals surface area contributed by atoms with Gasteiger partial charge in [-0.3, -0.25) is 4.90 Å². The highest BCUT2D eigenvalue weighted by molar-refractivity contribution is 5.95. The molecule has 0 aliphatic carbocycles. The molecule has 1 aliphatic rings. The fourth-order valence-corrected chi connectivity index (χ4v) is 1.83. The van der Waals surface area contributed by atoms with Crippen LogP contribution in [0.5, 0.6) is 0 Å². The van der Waals surface area contributed by atoms with Crippen molar-refractivity contribution in [2.24, 2.45) is 0 Å². The molecule has 2 rings (SSSR count). The average Bonchev–Trinajstić information content (AvgIpc) is 2.17. The highest BCUT2D eigenvalue weighted by Crippen LogP contribution is 2.20. The van der Waals surface area contributed by atoms with Gasteiger partial charge in [0, 0.05) is 11.4 Å². The standard InChI is InChI=1S/C12H14N2O/c1-9-8-10(2)14(12(15)13-9)11-6-4-3-5-7-11/h3-8,10H,1-2H3,(H,13,15). The summed E-state index contributed by atoms with van der Waals surface area (Å²) in [7, 11) is 0. The van der Waals surface area contributed by atoms with Crippen molar-refractivity contribution in [3.05, 3.63) is 42.1 Å². The van der Waals surface area contributed by atoms with Crippen LogP contribution in [0.4, 0.5) is 10.5 Å². The monoisotopic (exact) mass is 202 g/mol. The van der Waals surface area contributed by atoms with E-state index in [2.05, 4.69) is 5.32 Å². The van der Waals surface area contributed by atoms with Crippen LogP contribution >= 0.6 is 0 Å². The lowest BCUT2D eigenvalue weighted by atomic mass is 10.1. The number of hydrogen-bond donors (Lipinski definition) is 1. The number of benzene rings is 1. The van der Waals surface area contributed by atoms with Crippen LogP contribution in [0.25, 0.3) is 0 Å². The van der Waals surface area contributed by atoms with Gasteiger partial charge in [0.15, 0.2) is 0 Å². The predicted molar refractivity (Wildman–Crippen MR) is 60.7 cm³/mol. The molecule has 78 valence electrons. The summed E-state index contributed by atoms with van der Waals surface area (Å²) in [4.78, 5) is 13.5. The molecule has 1 unspecified atom stereocenters. The molecule has 0 spiro atoms. The Morgan fingerprint density at radius 2 is 1.93 bits per heavy atom. The number of para-hydroxylation sites is 1. The minimum atomic E-state index is -0.0614. The molecule has 1 N–H and O–H groups in total. The predicted octanol–water partition coefficient (Wildman–Crippen LogP) is 2.51. The largest absolute Gasteiger partial charge is 0.326 e. The van der Waals surface area contributed by atoms with E-state index >= 15 is 0 Å². The Morgan fingerprint density at radius 1 is 1.27 bits per heavy atom. The molecular weight excluding hydrogens is 188 g/mol. The van der Waals surface area contributed by atoms with Crippen LogP contribution in [0.15, 0.2) is 42.1 Å². The molecule has 0 radical (unpaired) electrons. The van der Waals surface area contributed by atoms with Crippen molar-refractivity contribution < 1.29 is 4.79 Å². The van der Waals surface area contributed by atoms with Crippen LogP contribution in [0.1, 0.15) is 13.8 Å². The summed E-state index contributed by atoms with van der Waals surface area (Å²) in [6.07, 6.45) is 2.04. The van der Waals surface area contributed by atoms with Crippen molar-refractivity contribution in [1.82, 2.24) is 5.32 Å². The number of allylic oxidation sites excluding steroid dienone is 1. The topological polar surface area (TPSA) is 32.3 Å². The van der Waals surface area contributed by atoms with Gasteiger partial charge in [0.25, 0.3) is 0 Å². The van der Waals surface area contributed by atoms with E-state index in [1.807, 2.05) is 50.3 Å². The number of hydrogen-bond acceptors (Lipinski definition) is 1. The normalized spacial score (nSPS) is 20.9. The maximum atomic E-state index is 11.8.